The highest BCUT2D eigenvalue weighted by Gasteiger charge is 2.18. The van der Waals surface area contributed by atoms with E-state index in [2.05, 4.69) is 5.32 Å². The van der Waals surface area contributed by atoms with E-state index in [0.717, 1.165) is 11.3 Å². The summed E-state index contributed by atoms with van der Waals surface area (Å²) in [6.07, 6.45) is 5.61. The largest absolute Gasteiger partial charge is 0.326 e. The number of carbonyl (C=O) groups excluding carboxylic acids is 1. The zero-order valence-electron chi connectivity index (χ0n) is 10.1. The Morgan fingerprint density at radius 3 is 2.76 bits per heavy atom. The fourth-order valence-electron chi connectivity index (χ4n) is 2.45. The quantitative estimate of drug-likeness (QED) is 0.858. The van der Waals surface area contributed by atoms with Gasteiger partial charge in [0, 0.05) is 17.1 Å². The Labute approximate surface area is 107 Å². The molecule has 1 aromatic rings. The number of rotatable bonds is 3. The van der Waals surface area contributed by atoms with Crippen molar-refractivity contribution in [2.24, 2.45) is 5.92 Å². The molecule has 0 unspecified atom stereocenters. The smallest absolute Gasteiger partial charge is 0.224 e. The highest BCUT2D eigenvalue weighted by Crippen LogP contribution is 2.28. The monoisotopic (exact) mass is 251 g/mol. The molecule has 0 radical (unpaired) electrons. The average molecular weight is 252 g/mol. The van der Waals surface area contributed by atoms with E-state index >= 15 is 0 Å². The fourth-order valence-corrected chi connectivity index (χ4v) is 2.67. The van der Waals surface area contributed by atoms with Gasteiger partial charge in [-0.15, -0.1) is 0 Å². The van der Waals surface area contributed by atoms with Gasteiger partial charge in [0.15, 0.2) is 0 Å². The van der Waals surface area contributed by atoms with Crippen LogP contribution in [0.5, 0.6) is 0 Å². The molecule has 17 heavy (non-hydrogen) atoms. The predicted octanol–water partition coefficient (Wildman–Crippen LogP) is 4.17. The molecule has 0 aromatic heterocycles. The summed E-state index contributed by atoms with van der Waals surface area (Å²) < 4.78 is 0. The number of hydrogen-bond donors (Lipinski definition) is 1. The Morgan fingerprint density at radius 1 is 1.41 bits per heavy atom. The summed E-state index contributed by atoms with van der Waals surface area (Å²) in [4.78, 5) is 11.9. The summed E-state index contributed by atoms with van der Waals surface area (Å²) in [6.45, 7) is 1.96. The van der Waals surface area contributed by atoms with Crippen LogP contribution in [0.3, 0.4) is 0 Å². The maximum absolute atomic E-state index is 11.9. The van der Waals surface area contributed by atoms with E-state index in [-0.39, 0.29) is 5.91 Å². The Balaban J connectivity index is 1.93. The third-order valence-corrected chi connectivity index (χ3v) is 3.65. The summed E-state index contributed by atoms with van der Waals surface area (Å²) in [5.74, 6) is 0.713. The molecule has 0 spiro atoms. The summed E-state index contributed by atoms with van der Waals surface area (Å²) in [5, 5.41) is 3.67. The van der Waals surface area contributed by atoms with E-state index in [1.54, 1.807) is 6.07 Å². The van der Waals surface area contributed by atoms with Crippen molar-refractivity contribution in [1.29, 1.82) is 0 Å². The molecule has 1 amide bonds. The third kappa shape index (κ3) is 3.47. The molecule has 0 heterocycles. The van der Waals surface area contributed by atoms with Crippen molar-refractivity contribution in [3.05, 3.63) is 28.8 Å². The lowest BCUT2D eigenvalue weighted by Gasteiger charge is -2.11. The lowest BCUT2D eigenvalue weighted by atomic mass is 10.0. The second-order valence-electron chi connectivity index (χ2n) is 4.86. The van der Waals surface area contributed by atoms with Gasteiger partial charge in [-0.3, -0.25) is 4.79 Å². The molecule has 1 aromatic carbocycles. The molecule has 3 heteroatoms. The van der Waals surface area contributed by atoms with Crippen molar-refractivity contribution < 1.29 is 4.79 Å². The van der Waals surface area contributed by atoms with Crippen molar-refractivity contribution in [3.63, 3.8) is 0 Å². The van der Waals surface area contributed by atoms with Gasteiger partial charge in [-0.1, -0.05) is 24.4 Å². The topological polar surface area (TPSA) is 29.1 Å². The number of benzene rings is 1. The van der Waals surface area contributed by atoms with Crippen LogP contribution in [-0.2, 0) is 4.79 Å². The van der Waals surface area contributed by atoms with Crippen molar-refractivity contribution in [1.82, 2.24) is 0 Å². The lowest BCUT2D eigenvalue weighted by Crippen LogP contribution is -2.15. The van der Waals surface area contributed by atoms with E-state index < -0.39 is 0 Å². The van der Waals surface area contributed by atoms with Gasteiger partial charge >= 0.3 is 0 Å². The molecule has 2 nitrogen and oxygen atoms in total. The van der Waals surface area contributed by atoms with Crippen molar-refractivity contribution in [3.8, 4) is 0 Å². The number of aryl methyl sites for hydroxylation is 1. The Kier molecular flexibility index (Phi) is 4.06. The van der Waals surface area contributed by atoms with Gasteiger partial charge in [0.05, 0.1) is 0 Å². The highest BCUT2D eigenvalue weighted by atomic mass is 35.5. The maximum atomic E-state index is 11.9. The molecule has 1 N–H and O–H groups in total. The summed E-state index contributed by atoms with van der Waals surface area (Å²) >= 11 is 5.88. The first-order valence-electron chi connectivity index (χ1n) is 6.21. The minimum absolute atomic E-state index is 0.127. The van der Waals surface area contributed by atoms with Gasteiger partial charge in [-0.25, -0.2) is 0 Å². The number of hydrogen-bond acceptors (Lipinski definition) is 1. The predicted molar refractivity (Wildman–Crippen MR) is 71.4 cm³/mol. The van der Waals surface area contributed by atoms with Crippen LogP contribution in [0.4, 0.5) is 5.69 Å². The molecular weight excluding hydrogens is 234 g/mol. The van der Waals surface area contributed by atoms with Crippen LogP contribution in [0.25, 0.3) is 0 Å². The van der Waals surface area contributed by atoms with E-state index in [4.69, 9.17) is 11.6 Å². The van der Waals surface area contributed by atoms with E-state index in [0.29, 0.717) is 17.4 Å². The molecule has 0 bridgehead atoms. The molecule has 0 atom stereocenters. The number of amides is 1. The van der Waals surface area contributed by atoms with Gasteiger partial charge in [-0.2, -0.15) is 0 Å². The van der Waals surface area contributed by atoms with Crippen LogP contribution in [0.2, 0.25) is 5.02 Å². The van der Waals surface area contributed by atoms with Crippen LogP contribution in [0.15, 0.2) is 18.2 Å². The van der Waals surface area contributed by atoms with Crippen LogP contribution in [0, 0.1) is 12.8 Å². The fraction of sp³-hybridized carbons (Fsp3) is 0.500. The first-order valence-corrected chi connectivity index (χ1v) is 6.59. The minimum Gasteiger partial charge on any atom is -0.326 e. The molecule has 2 rings (SSSR count). The number of carbonyl (C=O) groups is 1. The van der Waals surface area contributed by atoms with Gasteiger partial charge in [-0.05, 0) is 49.4 Å². The number of halogens is 1. The van der Waals surface area contributed by atoms with E-state index in [1.165, 1.54) is 25.7 Å². The van der Waals surface area contributed by atoms with Crippen LogP contribution >= 0.6 is 11.6 Å². The van der Waals surface area contributed by atoms with E-state index in [1.807, 2.05) is 19.1 Å². The lowest BCUT2D eigenvalue weighted by molar-refractivity contribution is -0.117. The second-order valence-corrected chi connectivity index (χ2v) is 5.30. The zero-order valence-corrected chi connectivity index (χ0v) is 10.9. The molecule has 92 valence electrons. The molecule has 1 fully saturated rings. The standard InChI is InChI=1S/C14H18ClNO/c1-10-8-12(15)6-7-13(10)16-14(17)9-11-4-2-3-5-11/h6-8,11H,2-5,9H2,1H3,(H,16,17). The van der Waals surface area contributed by atoms with E-state index in [9.17, 15) is 4.79 Å². The van der Waals surface area contributed by atoms with Crippen LogP contribution in [-0.4, -0.2) is 5.91 Å². The summed E-state index contributed by atoms with van der Waals surface area (Å²) in [7, 11) is 0. The zero-order chi connectivity index (χ0) is 12.3. The Morgan fingerprint density at radius 2 is 2.12 bits per heavy atom. The van der Waals surface area contributed by atoms with Crippen molar-refractivity contribution in [2.45, 2.75) is 39.0 Å². The third-order valence-electron chi connectivity index (χ3n) is 3.41. The van der Waals surface area contributed by atoms with Gasteiger partial charge in [0.1, 0.15) is 0 Å². The minimum atomic E-state index is 0.127. The first kappa shape index (κ1) is 12.4. The molecule has 1 aliphatic rings. The SMILES string of the molecule is Cc1cc(Cl)ccc1NC(=O)CC1CCCC1. The van der Waals surface area contributed by atoms with Gasteiger partial charge in [0.2, 0.25) is 5.91 Å². The molecule has 1 aliphatic carbocycles. The average Bonchev–Trinajstić information content (AvgIpc) is 2.75. The molecular formula is C14H18ClNO. The summed E-state index contributed by atoms with van der Waals surface area (Å²) in [6, 6.07) is 5.54. The maximum Gasteiger partial charge on any atom is 0.224 e. The summed E-state index contributed by atoms with van der Waals surface area (Å²) in [5.41, 5.74) is 1.88. The highest BCUT2D eigenvalue weighted by molar-refractivity contribution is 6.30. The molecule has 0 saturated heterocycles. The van der Waals surface area contributed by atoms with Crippen molar-refractivity contribution >= 4 is 23.2 Å². The Hall–Kier alpha value is -1.02. The Bertz CT molecular complexity index is 411. The number of anilines is 1. The van der Waals surface area contributed by atoms with Crippen LogP contribution in [0.1, 0.15) is 37.7 Å². The normalized spacial score (nSPS) is 16.1. The number of nitrogens with one attached hydrogen (secondary N) is 1. The second kappa shape index (κ2) is 5.54. The van der Waals surface area contributed by atoms with Gasteiger partial charge in [0.25, 0.3) is 0 Å². The van der Waals surface area contributed by atoms with Crippen LogP contribution < -0.4 is 5.32 Å². The van der Waals surface area contributed by atoms with Gasteiger partial charge < -0.3 is 5.32 Å². The molecule has 0 aliphatic heterocycles. The first-order chi connectivity index (χ1) is 8.15. The van der Waals surface area contributed by atoms with Crippen molar-refractivity contribution in [2.75, 3.05) is 5.32 Å². The molecule has 1 saturated carbocycles.